The SMILES string of the molecule is CCN(C(=O)[C@@H](N)C(C)(C)C)c1cccc2ccccc12. The van der Waals surface area contributed by atoms with E-state index < -0.39 is 6.04 Å². The number of rotatable bonds is 3. The van der Waals surface area contributed by atoms with Crippen LogP contribution in [0.4, 0.5) is 5.69 Å². The number of carbonyl (C=O) groups is 1. The Morgan fingerprint density at radius 2 is 1.76 bits per heavy atom. The predicted molar refractivity (Wildman–Crippen MR) is 89.4 cm³/mol. The van der Waals surface area contributed by atoms with Crippen molar-refractivity contribution in [2.45, 2.75) is 33.7 Å². The van der Waals surface area contributed by atoms with Crippen LogP contribution in [0.5, 0.6) is 0 Å². The van der Waals surface area contributed by atoms with Gasteiger partial charge in [0.15, 0.2) is 0 Å². The van der Waals surface area contributed by atoms with Gasteiger partial charge in [0, 0.05) is 11.9 Å². The Morgan fingerprint density at radius 3 is 2.38 bits per heavy atom. The molecule has 0 aliphatic rings. The molecule has 0 aliphatic heterocycles. The quantitative estimate of drug-likeness (QED) is 0.936. The lowest BCUT2D eigenvalue weighted by Crippen LogP contribution is -2.50. The summed E-state index contributed by atoms with van der Waals surface area (Å²) in [6.45, 7) is 8.57. The summed E-state index contributed by atoms with van der Waals surface area (Å²) in [5, 5.41) is 2.21. The van der Waals surface area contributed by atoms with E-state index in [0.717, 1.165) is 16.5 Å². The van der Waals surface area contributed by atoms with E-state index in [-0.39, 0.29) is 11.3 Å². The maximum Gasteiger partial charge on any atom is 0.244 e. The van der Waals surface area contributed by atoms with Gasteiger partial charge in [-0.25, -0.2) is 0 Å². The average Bonchev–Trinajstić information content (AvgIpc) is 2.46. The fraction of sp³-hybridized carbons (Fsp3) is 0.389. The Hall–Kier alpha value is -1.87. The highest BCUT2D eigenvalue weighted by Crippen LogP contribution is 2.28. The fourth-order valence-corrected chi connectivity index (χ4v) is 2.43. The standard InChI is InChI=1S/C18H24N2O/c1-5-20(17(21)16(19)18(2,3)4)15-12-8-10-13-9-6-7-11-14(13)15/h6-12,16H,5,19H2,1-4H3/t16-/m1/s1. The molecule has 112 valence electrons. The van der Waals surface area contributed by atoms with Crippen LogP contribution in [-0.2, 0) is 4.79 Å². The number of nitrogens with zero attached hydrogens (tertiary/aromatic N) is 1. The Morgan fingerprint density at radius 1 is 1.14 bits per heavy atom. The number of fused-ring (bicyclic) bond motifs is 1. The summed E-state index contributed by atoms with van der Waals surface area (Å²) >= 11 is 0. The zero-order chi connectivity index (χ0) is 15.6. The molecule has 0 saturated heterocycles. The average molecular weight is 284 g/mol. The van der Waals surface area contributed by atoms with Crippen LogP contribution in [0.2, 0.25) is 0 Å². The van der Waals surface area contributed by atoms with Gasteiger partial charge >= 0.3 is 0 Å². The van der Waals surface area contributed by atoms with Crippen LogP contribution >= 0.6 is 0 Å². The second-order valence-corrected chi connectivity index (χ2v) is 6.42. The first-order chi connectivity index (χ1) is 9.86. The Balaban J connectivity index is 2.47. The lowest BCUT2D eigenvalue weighted by atomic mass is 9.86. The molecule has 0 aliphatic carbocycles. The molecule has 0 aromatic heterocycles. The molecule has 2 aromatic carbocycles. The molecule has 3 nitrogen and oxygen atoms in total. The highest BCUT2D eigenvalue weighted by atomic mass is 16.2. The first-order valence-electron chi connectivity index (χ1n) is 7.41. The summed E-state index contributed by atoms with van der Waals surface area (Å²) in [5.41, 5.74) is 6.84. The van der Waals surface area contributed by atoms with E-state index in [1.807, 2.05) is 58.0 Å². The minimum Gasteiger partial charge on any atom is -0.319 e. The van der Waals surface area contributed by atoms with Gasteiger partial charge in [0.25, 0.3) is 0 Å². The van der Waals surface area contributed by atoms with Gasteiger partial charge in [-0.1, -0.05) is 57.2 Å². The highest BCUT2D eigenvalue weighted by molar-refractivity contribution is 6.05. The summed E-state index contributed by atoms with van der Waals surface area (Å²) in [7, 11) is 0. The number of likely N-dealkylation sites (N-methyl/N-ethyl adjacent to an activating group) is 1. The van der Waals surface area contributed by atoms with Crippen molar-refractivity contribution >= 4 is 22.4 Å². The molecule has 21 heavy (non-hydrogen) atoms. The molecule has 0 saturated carbocycles. The smallest absolute Gasteiger partial charge is 0.244 e. The first-order valence-corrected chi connectivity index (χ1v) is 7.41. The molecule has 0 unspecified atom stereocenters. The molecule has 3 heteroatoms. The van der Waals surface area contributed by atoms with Crippen molar-refractivity contribution in [2.75, 3.05) is 11.4 Å². The summed E-state index contributed by atoms with van der Waals surface area (Å²) < 4.78 is 0. The lowest BCUT2D eigenvalue weighted by molar-refractivity contribution is -0.121. The van der Waals surface area contributed by atoms with E-state index in [9.17, 15) is 4.79 Å². The molecular weight excluding hydrogens is 260 g/mol. The van der Waals surface area contributed by atoms with Gasteiger partial charge in [0.05, 0.1) is 11.7 Å². The zero-order valence-electron chi connectivity index (χ0n) is 13.3. The second kappa shape index (κ2) is 5.86. The van der Waals surface area contributed by atoms with E-state index in [1.54, 1.807) is 4.90 Å². The number of benzene rings is 2. The minimum absolute atomic E-state index is 0.0265. The summed E-state index contributed by atoms with van der Waals surface area (Å²) in [4.78, 5) is 14.6. The normalized spacial score (nSPS) is 13.2. The van der Waals surface area contributed by atoms with Crippen LogP contribution in [0.15, 0.2) is 42.5 Å². The molecular formula is C18H24N2O. The molecule has 2 aromatic rings. The predicted octanol–water partition coefficient (Wildman–Crippen LogP) is 3.57. The summed E-state index contributed by atoms with van der Waals surface area (Å²) in [6, 6.07) is 13.6. The maximum atomic E-state index is 12.8. The molecule has 0 radical (unpaired) electrons. The van der Waals surface area contributed by atoms with Crippen LogP contribution in [-0.4, -0.2) is 18.5 Å². The third kappa shape index (κ3) is 3.08. The van der Waals surface area contributed by atoms with E-state index >= 15 is 0 Å². The Labute approximate surface area is 126 Å². The third-order valence-corrected chi connectivity index (χ3v) is 3.84. The molecule has 2 N–H and O–H groups in total. The summed E-state index contributed by atoms with van der Waals surface area (Å²) in [5.74, 6) is -0.0265. The van der Waals surface area contributed by atoms with Gasteiger partial charge in [0.2, 0.25) is 5.91 Å². The van der Waals surface area contributed by atoms with Crippen LogP contribution in [0.25, 0.3) is 10.8 Å². The number of carbonyl (C=O) groups excluding carboxylic acids is 1. The van der Waals surface area contributed by atoms with Crippen molar-refractivity contribution in [1.29, 1.82) is 0 Å². The van der Waals surface area contributed by atoms with E-state index in [1.165, 1.54) is 0 Å². The lowest BCUT2D eigenvalue weighted by Gasteiger charge is -2.32. The van der Waals surface area contributed by atoms with Crippen molar-refractivity contribution in [3.8, 4) is 0 Å². The van der Waals surface area contributed by atoms with Crippen LogP contribution in [0, 0.1) is 5.41 Å². The highest BCUT2D eigenvalue weighted by Gasteiger charge is 2.31. The Bertz CT molecular complexity index is 638. The molecule has 0 spiro atoms. The van der Waals surface area contributed by atoms with Gasteiger partial charge in [0.1, 0.15) is 0 Å². The van der Waals surface area contributed by atoms with Crippen molar-refractivity contribution in [2.24, 2.45) is 11.1 Å². The monoisotopic (exact) mass is 284 g/mol. The molecule has 1 atom stereocenters. The molecule has 1 amide bonds. The second-order valence-electron chi connectivity index (χ2n) is 6.42. The van der Waals surface area contributed by atoms with E-state index in [2.05, 4.69) is 12.1 Å². The van der Waals surface area contributed by atoms with Crippen molar-refractivity contribution in [3.63, 3.8) is 0 Å². The van der Waals surface area contributed by atoms with Gasteiger partial charge in [-0.2, -0.15) is 0 Å². The topological polar surface area (TPSA) is 46.3 Å². The number of anilines is 1. The fourth-order valence-electron chi connectivity index (χ4n) is 2.43. The van der Waals surface area contributed by atoms with Gasteiger partial charge in [-0.15, -0.1) is 0 Å². The number of hydrogen-bond acceptors (Lipinski definition) is 2. The van der Waals surface area contributed by atoms with E-state index in [4.69, 9.17) is 5.73 Å². The molecule has 0 bridgehead atoms. The third-order valence-electron chi connectivity index (χ3n) is 3.84. The number of amides is 1. The van der Waals surface area contributed by atoms with Crippen molar-refractivity contribution < 1.29 is 4.79 Å². The van der Waals surface area contributed by atoms with Gasteiger partial charge < -0.3 is 10.6 Å². The molecule has 2 rings (SSSR count). The van der Waals surface area contributed by atoms with Crippen LogP contribution in [0.3, 0.4) is 0 Å². The van der Waals surface area contributed by atoms with Crippen molar-refractivity contribution in [1.82, 2.24) is 0 Å². The largest absolute Gasteiger partial charge is 0.319 e. The molecule has 0 heterocycles. The maximum absolute atomic E-state index is 12.8. The Kier molecular flexibility index (Phi) is 4.33. The number of hydrogen-bond donors (Lipinski definition) is 1. The number of nitrogens with two attached hydrogens (primary N) is 1. The van der Waals surface area contributed by atoms with E-state index in [0.29, 0.717) is 6.54 Å². The zero-order valence-corrected chi connectivity index (χ0v) is 13.3. The van der Waals surface area contributed by atoms with Crippen molar-refractivity contribution in [3.05, 3.63) is 42.5 Å². The van der Waals surface area contributed by atoms with Crippen LogP contribution in [0.1, 0.15) is 27.7 Å². The van der Waals surface area contributed by atoms with Gasteiger partial charge in [-0.05, 0) is 23.8 Å². The summed E-state index contributed by atoms with van der Waals surface area (Å²) in [6.07, 6.45) is 0. The first kappa shape index (κ1) is 15.5. The van der Waals surface area contributed by atoms with Gasteiger partial charge in [-0.3, -0.25) is 4.79 Å². The minimum atomic E-state index is -0.517. The molecule has 0 fully saturated rings. The van der Waals surface area contributed by atoms with Crippen LogP contribution < -0.4 is 10.6 Å².